The van der Waals surface area contributed by atoms with Crippen molar-refractivity contribution in [2.75, 3.05) is 39.8 Å². The third-order valence-corrected chi connectivity index (χ3v) is 4.27. The molecule has 1 aromatic rings. The van der Waals surface area contributed by atoms with Crippen molar-refractivity contribution in [1.82, 2.24) is 9.80 Å². The fraction of sp³-hybridized carbons (Fsp3) is 0.647. The summed E-state index contributed by atoms with van der Waals surface area (Å²) in [5, 5.41) is 0. The SMILES string of the molecule is CCCN1CCN(C(c2cccc(OC)c2)C(C)N)CC1. The quantitative estimate of drug-likeness (QED) is 0.871. The fourth-order valence-corrected chi connectivity index (χ4v) is 3.25. The van der Waals surface area contributed by atoms with Crippen LogP contribution >= 0.6 is 0 Å². The minimum Gasteiger partial charge on any atom is -0.497 e. The van der Waals surface area contributed by atoms with Crippen molar-refractivity contribution >= 4 is 0 Å². The first-order chi connectivity index (χ1) is 10.2. The summed E-state index contributed by atoms with van der Waals surface area (Å²) < 4.78 is 5.35. The molecule has 2 atom stereocenters. The van der Waals surface area contributed by atoms with Gasteiger partial charge in [0.15, 0.2) is 0 Å². The van der Waals surface area contributed by atoms with Gasteiger partial charge in [-0.3, -0.25) is 4.90 Å². The Bertz CT molecular complexity index is 428. The highest BCUT2D eigenvalue weighted by atomic mass is 16.5. The fourth-order valence-electron chi connectivity index (χ4n) is 3.25. The summed E-state index contributed by atoms with van der Waals surface area (Å²) in [6.07, 6.45) is 1.23. The number of hydrogen-bond acceptors (Lipinski definition) is 4. The molecule has 4 heteroatoms. The summed E-state index contributed by atoms with van der Waals surface area (Å²) >= 11 is 0. The number of methoxy groups -OCH3 is 1. The molecule has 1 heterocycles. The van der Waals surface area contributed by atoms with Crippen molar-refractivity contribution in [1.29, 1.82) is 0 Å². The van der Waals surface area contributed by atoms with Gasteiger partial charge >= 0.3 is 0 Å². The summed E-state index contributed by atoms with van der Waals surface area (Å²) in [5.41, 5.74) is 7.55. The topological polar surface area (TPSA) is 41.7 Å². The molecular formula is C17H29N3O. The van der Waals surface area contributed by atoms with Gasteiger partial charge in [-0.1, -0.05) is 19.1 Å². The van der Waals surface area contributed by atoms with Crippen LogP contribution in [0.25, 0.3) is 0 Å². The molecule has 0 bridgehead atoms. The number of ether oxygens (including phenoxy) is 1. The van der Waals surface area contributed by atoms with Crippen LogP contribution in [0, 0.1) is 0 Å². The predicted octanol–water partition coefficient (Wildman–Crippen LogP) is 2.11. The molecule has 1 aliphatic heterocycles. The zero-order chi connectivity index (χ0) is 15.2. The lowest BCUT2D eigenvalue weighted by atomic mass is 9.98. The highest BCUT2D eigenvalue weighted by Gasteiger charge is 2.27. The van der Waals surface area contributed by atoms with Crippen molar-refractivity contribution in [3.63, 3.8) is 0 Å². The predicted molar refractivity (Wildman–Crippen MR) is 87.7 cm³/mol. The Morgan fingerprint density at radius 3 is 2.52 bits per heavy atom. The average Bonchev–Trinajstić information content (AvgIpc) is 2.49. The summed E-state index contributed by atoms with van der Waals surface area (Å²) in [6.45, 7) is 10.0. The molecule has 2 rings (SSSR count). The molecule has 21 heavy (non-hydrogen) atoms. The van der Waals surface area contributed by atoms with Crippen molar-refractivity contribution in [3.8, 4) is 5.75 Å². The molecule has 1 saturated heterocycles. The van der Waals surface area contributed by atoms with E-state index < -0.39 is 0 Å². The Labute approximate surface area is 128 Å². The molecule has 1 fully saturated rings. The lowest BCUT2D eigenvalue weighted by molar-refractivity contribution is 0.0867. The highest BCUT2D eigenvalue weighted by Crippen LogP contribution is 2.27. The Balaban J connectivity index is 2.09. The second-order valence-electron chi connectivity index (χ2n) is 5.96. The van der Waals surface area contributed by atoms with Gasteiger partial charge in [-0.15, -0.1) is 0 Å². The zero-order valence-electron chi connectivity index (χ0n) is 13.6. The largest absolute Gasteiger partial charge is 0.497 e. The summed E-state index contributed by atoms with van der Waals surface area (Å²) in [5.74, 6) is 0.905. The number of nitrogens with two attached hydrogens (primary N) is 1. The minimum atomic E-state index is 0.106. The van der Waals surface area contributed by atoms with E-state index in [2.05, 4.69) is 41.8 Å². The molecule has 1 aromatic carbocycles. The number of rotatable bonds is 6. The van der Waals surface area contributed by atoms with E-state index in [0.717, 1.165) is 31.9 Å². The van der Waals surface area contributed by atoms with Gasteiger partial charge < -0.3 is 15.4 Å². The molecule has 2 N–H and O–H groups in total. The van der Waals surface area contributed by atoms with Crippen LogP contribution in [0.1, 0.15) is 31.9 Å². The van der Waals surface area contributed by atoms with E-state index >= 15 is 0 Å². The van der Waals surface area contributed by atoms with Crippen molar-refractivity contribution in [2.45, 2.75) is 32.4 Å². The number of nitrogens with zero attached hydrogens (tertiary/aromatic N) is 2. The maximum Gasteiger partial charge on any atom is 0.119 e. The third-order valence-electron chi connectivity index (χ3n) is 4.27. The molecular weight excluding hydrogens is 262 g/mol. The van der Waals surface area contributed by atoms with E-state index in [-0.39, 0.29) is 12.1 Å². The van der Waals surface area contributed by atoms with Crippen LogP contribution in [0.4, 0.5) is 0 Å². The first kappa shape index (κ1) is 16.3. The van der Waals surface area contributed by atoms with Gasteiger partial charge in [0.25, 0.3) is 0 Å². The number of hydrogen-bond donors (Lipinski definition) is 1. The maximum absolute atomic E-state index is 6.29. The van der Waals surface area contributed by atoms with Gasteiger partial charge in [-0.25, -0.2) is 0 Å². The van der Waals surface area contributed by atoms with Crippen molar-refractivity contribution in [2.24, 2.45) is 5.73 Å². The number of benzene rings is 1. The normalized spacial score (nSPS) is 20.2. The first-order valence-electron chi connectivity index (χ1n) is 8.01. The van der Waals surface area contributed by atoms with E-state index in [1.54, 1.807) is 7.11 Å². The standard InChI is InChI=1S/C17H29N3O/c1-4-8-19-9-11-20(12-10-19)17(14(2)18)15-6-5-7-16(13-15)21-3/h5-7,13-14,17H,4,8-12,18H2,1-3H3. The Hall–Kier alpha value is -1.10. The molecule has 0 amide bonds. The summed E-state index contributed by atoms with van der Waals surface area (Å²) in [6, 6.07) is 8.69. The van der Waals surface area contributed by atoms with Gasteiger partial charge in [0, 0.05) is 38.3 Å². The van der Waals surface area contributed by atoms with Crippen LogP contribution in [0.3, 0.4) is 0 Å². The van der Waals surface area contributed by atoms with Gasteiger partial charge in [0.05, 0.1) is 7.11 Å². The lowest BCUT2D eigenvalue weighted by Crippen LogP contribution is -2.50. The van der Waals surface area contributed by atoms with E-state index in [9.17, 15) is 0 Å². The van der Waals surface area contributed by atoms with E-state index in [1.807, 2.05) is 6.07 Å². The van der Waals surface area contributed by atoms with E-state index in [0.29, 0.717) is 0 Å². The van der Waals surface area contributed by atoms with E-state index in [4.69, 9.17) is 10.5 Å². The molecule has 1 aliphatic rings. The monoisotopic (exact) mass is 291 g/mol. The average molecular weight is 291 g/mol. The van der Waals surface area contributed by atoms with Crippen LogP contribution in [0.2, 0.25) is 0 Å². The van der Waals surface area contributed by atoms with Crippen LogP contribution < -0.4 is 10.5 Å². The molecule has 0 aliphatic carbocycles. The second-order valence-corrected chi connectivity index (χ2v) is 5.96. The summed E-state index contributed by atoms with van der Waals surface area (Å²) in [4.78, 5) is 5.06. The highest BCUT2D eigenvalue weighted by molar-refractivity contribution is 5.31. The molecule has 0 saturated carbocycles. The second kappa shape index (κ2) is 7.78. The third kappa shape index (κ3) is 4.19. The summed E-state index contributed by atoms with van der Waals surface area (Å²) in [7, 11) is 1.71. The van der Waals surface area contributed by atoms with Gasteiger partial charge in [-0.2, -0.15) is 0 Å². The Kier molecular flexibility index (Phi) is 6.03. The molecule has 0 spiro atoms. The Morgan fingerprint density at radius 2 is 1.95 bits per heavy atom. The van der Waals surface area contributed by atoms with E-state index in [1.165, 1.54) is 18.5 Å². The van der Waals surface area contributed by atoms with Crippen molar-refractivity contribution in [3.05, 3.63) is 29.8 Å². The van der Waals surface area contributed by atoms with Crippen LogP contribution in [0.5, 0.6) is 5.75 Å². The first-order valence-corrected chi connectivity index (χ1v) is 8.01. The maximum atomic E-state index is 6.29. The van der Waals surface area contributed by atoms with Gasteiger partial charge in [0.1, 0.15) is 5.75 Å². The zero-order valence-corrected chi connectivity index (χ0v) is 13.6. The minimum absolute atomic E-state index is 0.106. The van der Waals surface area contributed by atoms with Crippen molar-refractivity contribution < 1.29 is 4.74 Å². The van der Waals surface area contributed by atoms with Crippen LogP contribution in [-0.2, 0) is 0 Å². The van der Waals surface area contributed by atoms with Gasteiger partial charge in [0.2, 0.25) is 0 Å². The van der Waals surface area contributed by atoms with Gasteiger partial charge in [-0.05, 0) is 37.6 Å². The van der Waals surface area contributed by atoms with Crippen LogP contribution in [0.15, 0.2) is 24.3 Å². The lowest BCUT2D eigenvalue weighted by Gasteiger charge is -2.41. The smallest absolute Gasteiger partial charge is 0.119 e. The molecule has 2 unspecified atom stereocenters. The molecule has 4 nitrogen and oxygen atoms in total. The molecule has 0 aromatic heterocycles. The molecule has 118 valence electrons. The Morgan fingerprint density at radius 1 is 1.24 bits per heavy atom. The van der Waals surface area contributed by atoms with Crippen LogP contribution in [-0.4, -0.2) is 55.7 Å². The molecule has 0 radical (unpaired) electrons. The number of piperazine rings is 1.